The highest BCUT2D eigenvalue weighted by Crippen LogP contribution is 2.18. The van der Waals surface area contributed by atoms with Gasteiger partial charge in [0, 0.05) is 25.2 Å². The first-order chi connectivity index (χ1) is 8.58. The molecule has 3 nitrogen and oxygen atoms in total. The summed E-state index contributed by atoms with van der Waals surface area (Å²) in [5, 5.41) is 12.6. The minimum Gasteiger partial charge on any atom is -0.395 e. The second-order valence-corrected chi connectivity index (χ2v) is 4.69. The van der Waals surface area contributed by atoms with Crippen molar-refractivity contribution in [1.29, 1.82) is 0 Å². The summed E-state index contributed by atoms with van der Waals surface area (Å²) in [5.41, 5.74) is 0.587. The molecule has 1 aromatic rings. The van der Waals surface area contributed by atoms with Crippen LogP contribution in [-0.2, 0) is 0 Å². The second-order valence-electron chi connectivity index (χ2n) is 4.69. The summed E-state index contributed by atoms with van der Waals surface area (Å²) in [6.07, 6.45) is 0. The molecule has 4 heteroatoms. The molecule has 0 amide bonds. The maximum Gasteiger partial charge on any atom is 0.146 e. The molecule has 2 N–H and O–H groups in total. The average Bonchev–Trinajstić information content (AvgIpc) is 2.35. The number of nitrogens with one attached hydrogen (secondary N) is 1. The van der Waals surface area contributed by atoms with Crippen molar-refractivity contribution in [3.63, 3.8) is 0 Å². The zero-order chi connectivity index (χ0) is 13.5. The van der Waals surface area contributed by atoms with E-state index in [0.717, 1.165) is 0 Å². The molecule has 18 heavy (non-hydrogen) atoms. The van der Waals surface area contributed by atoms with Crippen LogP contribution in [0.5, 0.6) is 0 Å². The summed E-state index contributed by atoms with van der Waals surface area (Å²) < 4.78 is 13.7. The van der Waals surface area contributed by atoms with Gasteiger partial charge in [0.25, 0.3) is 0 Å². The smallest absolute Gasteiger partial charge is 0.146 e. The van der Waals surface area contributed by atoms with E-state index in [1.54, 1.807) is 12.1 Å². The van der Waals surface area contributed by atoms with Gasteiger partial charge in [-0.3, -0.25) is 0 Å². The minimum atomic E-state index is -0.222. The molecule has 0 bridgehead atoms. The lowest BCUT2D eigenvalue weighted by atomic mass is 10.2. The highest BCUT2D eigenvalue weighted by molar-refractivity contribution is 5.47. The van der Waals surface area contributed by atoms with Gasteiger partial charge in [0.1, 0.15) is 5.82 Å². The van der Waals surface area contributed by atoms with Gasteiger partial charge in [0.2, 0.25) is 0 Å². The standard InChI is InChI=1S/C14H23FN2O/c1-4-17(9-12(10-18)16-11(2)3)14-8-6-5-7-13(14)15/h5-8,11-12,16,18H,4,9-10H2,1-3H3. The molecular formula is C14H23FN2O. The lowest BCUT2D eigenvalue weighted by Gasteiger charge is -2.29. The third kappa shape index (κ3) is 4.27. The molecule has 1 aromatic carbocycles. The third-order valence-corrected chi connectivity index (χ3v) is 2.81. The largest absolute Gasteiger partial charge is 0.395 e. The summed E-state index contributed by atoms with van der Waals surface area (Å²) in [5.74, 6) is -0.222. The monoisotopic (exact) mass is 254 g/mol. The minimum absolute atomic E-state index is 0.0448. The number of nitrogens with zero attached hydrogens (tertiary/aromatic N) is 1. The molecule has 1 atom stereocenters. The Balaban J connectivity index is 2.75. The number of rotatable bonds is 7. The fraction of sp³-hybridized carbons (Fsp3) is 0.571. The first-order valence-electron chi connectivity index (χ1n) is 6.44. The van der Waals surface area contributed by atoms with E-state index in [0.29, 0.717) is 24.8 Å². The molecule has 0 radical (unpaired) electrons. The van der Waals surface area contributed by atoms with Crippen molar-refractivity contribution in [1.82, 2.24) is 5.32 Å². The van der Waals surface area contributed by atoms with E-state index in [1.165, 1.54) is 6.07 Å². The van der Waals surface area contributed by atoms with E-state index < -0.39 is 0 Å². The molecule has 0 fully saturated rings. The van der Waals surface area contributed by atoms with Gasteiger partial charge in [-0.1, -0.05) is 26.0 Å². The first-order valence-corrected chi connectivity index (χ1v) is 6.44. The van der Waals surface area contributed by atoms with E-state index >= 15 is 0 Å². The lowest BCUT2D eigenvalue weighted by Crippen LogP contribution is -2.46. The molecule has 0 aliphatic carbocycles. The summed E-state index contributed by atoms with van der Waals surface area (Å²) in [6.45, 7) is 7.38. The van der Waals surface area contributed by atoms with Crippen molar-refractivity contribution in [3.05, 3.63) is 30.1 Å². The Labute approximate surface area is 109 Å². The Morgan fingerprint density at radius 1 is 1.33 bits per heavy atom. The SMILES string of the molecule is CCN(CC(CO)NC(C)C)c1ccccc1F. The number of hydrogen-bond acceptors (Lipinski definition) is 3. The molecule has 0 aromatic heterocycles. The summed E-state index contributed by atoms with van der Waals surface area (Å²) in [6, 6.07) is 6.98. The van der Waals surface area contributed by atoms with Gasteiger partial charge in [-0.15, -0.1) is 0 Å². The second kappa shape index (κ2) is 7.34. The molecule has 1 rings (SSSR count). The van der Waals surface area contributed by atoms with Crippen molar-refractivity contribution in [2.24, 2.45) is 0 Å². The van der Waals surface area contributed by atoms with Crippen LogP contribution in [0, 0.1) is 5.82 Å². The Kier molecular flexibility index (Phi) is 6.09. The quantitative estimate of drug-likeness (QED) is 0.781. The fourth-order valence-electron chi connectivity index (χ4n) is 2.01. The van der Waals surface area contributed by atoms with Crippen LogP contribution in [-0.4, -0.2) is 36.9 Å². The highest BCUT2D eigenvalue weighted by atomic mass is 19.1. The zero-order valence-electron chi connectivity index (χ0n) is 11.4. The van der Waals surface area contributed by atoms with E-state index in [9.17, 15) is 9.50 Å². The number of para-hydroxylation sites is 1. The van der Waals surface area contributed by atoms with Gasteiger partial charge in [0.15, 0.2) is 0 Å². The topological polar surface area (TPSA) is 35.5 Å². The number of hydrogen-bond donors (Lipinski definition) is 2. The van der Waals surface area contributed by atoms with Crippen LogP contribution in [0.1, 0.15) is 20.8 Å². The van der Waals surface area contributed by atoms with Crippen molar-refractivity contribution >= 4 is 5.69 Å². The van der Waals surface area contributed by atoms with Crippen LogP contribution in [0.15, 0.2) is 24.3 Å². The first kappa shape index (κ1) is 14.9. The average molecular weight is 254 g/mol. The van der Waals surface area contributed by atoms with Crippen LogP contribution < -0.4 is 10.2 Å². The Morgan fingerprint density at radius 2 is 2.00 bits per heavy atom. The van der Waals surface area contributed by atoms with Gasteiger partial charge in [-0.25, -0.2) is 4.39 Å². The fourth-order valence-corrected chi connectivity index (χ4v) is 2.01. The van der Waals surface area contributed by atoms with Crippen molar-refractivity contribution in [2.45, 2.75) is 32.9 Å². The Hall–Kier alpha value is -1.13. The van der Waals surface area contributed by atoms with Crippen LogP contribution in [0.25, 0.3) is 0 Å². The van der Waals surface area contributed by atoms with Crippen LogP contribution in [0.2, 0.25) is 0 Å². The van der Waals surface area contributed by atoms with E-state index in [-0.39, 0.29) is 18.5 Å². The number of aliphatic hydroxyl groups is 1. The predicted octanol–water partition coefficient (Wildman–Crippen LogP) is 2.01. The Bertz CT molecular complexity index is 357. The van der Waals surface area contributed by atoms with Crippen LogP contribution in [0.4, 0.5) is 10.1 Å². The highest BCUT2D eigenvalue weighted by Gasteiger charge is 2.15. The van der Waals surface area contributed by atoms with Crippen LogP contribution in [0.3, 0.4) is 0 Å². The number of likely N-dealkylation sites (N-methyl/N-ethyl adjacent to an activating group) is 1. The molecule has 0 spiro atoms. The summed E-state index contributed by atoms with van der Waals surface area (Å²) in [4.78, 5) is 1.94. The van der Waals surface area contributed by atoms with Crippen LogP contribution >= 0.6 is 0 Å². The summed E-state index contributed by atoms with van der Waals surface area (Å²) in [7, 11) is 0. The van der Waals surface area contributed by atoms with Crippen molar-refractivity contribution in [3.8, 4) is 0 Å². The molecule has 0 saturated heterocycles. The van der Waals surface area contributed by atoms with E-state index in [4.69, 9.17) is 0 Å². The predicted molar refractivity (Wildman–Crippen MR) is 73.4 cm³/mol. The maximum absolute atomic E-state index is 13.7. The van der Waals surface area contributed by atoms with Gasteiger partial charge in [-0.2, -0.15) is 0 Å². The number of aliphatic hydroxyl groups excluding tert-OH is 1. The van der Waals surface area contributed by atoms with Crippen molar-refractivity contribution in [2.75, 3.05) is 24.6 Å². The third-order valence-electron chi connectivity index (χ3n) is 2.81. The van der Waals surface area contributed by atoms with Gasteiger partial charge >= 0.3 is 0 Å². The molecule has 0 saturated carbocycles. The molecule has 1 unspecified atom stereocenters. The zero-order valence-corrected chi connectivity index (χ0v) is 11.4. The van der Waals surface area contributed by atoms with E-state index in [1.807, 2.05) is 31.7 Å². The van der Waals surface area contributed by atoms with Crippen molar-refractivity contribution < 1.29 is 9.50 Å². The maximum atomic E-state index is 13.7. The molecular weight excluding hydrogens is 231 g/mol. The molecule has 102 valence electrons. The Morgan fingerprint density at radius 3 is 2.50 bits per heavy atom. The van der Waals surface area contributed by atoms with Gasteiger partial charge in [0.05, 0.1) is 12.3 Å². The molecule has 0 heterocycles. The van der Waals surface area contributed by atoms with Gasteiger partial charge in [-0.05, 0) is 19.1 Å². The van der Waals surface area contributed by atoms with E-state index in [2.05, 4.69) is 5.32 Å². The lowest BCUT2D eigenvalue weighted by molar-refractivity contribution is 0.236. The summed E-state index contributed by atoms with van der Waals surface area (Å²) >= 11 is 0. The number of halogens is 1. The van der Waals surface area contributed by atoms with Gasteiger partial charge < -0.3 is 15.3 Å². The molecule has 0 aliphatic rings. The number of benzene rings is 1. The molecule has 0 aliphatic heterocycles. The number of anilines is 1. The normalized spacial score (nSPS) is 12.8.